The molecule has 1 aromatic rings. The fourth-order valence-corrected chi connectivity index (χ4v) is 1.06. The lowest BCUT2D eigenvalue weighted by Gasteiger charge is -2.05. The van der Waals surface area contributed by atoms with E-state index in [0.717, 1.165) is 0 Å². The Hall–Kier alpha value is -1.06. The average molecular weight is 231 g/mol. The summed E-state index contributed by atoms with van der Waals surface area (Å²) >= 11 is 11.1. The van der Waals surface area contributed by atoms with E-state index >= 15 is 0 Å². The third-order valence-electron chi connectivity index (χ3n) is 1.48. The molecule has 0 fully saturated rings. The highest BCUT2D eigenvalue weighted by Gasteiger charge is 2.05. The van der Waals surface area contributed by atoms with Crippen LogP contribution in [0.15, 0.2) is 18.8 Å². The zero-order valence-corrected chi connectivity index (χ0v) is 8.77. The van der Waals surface area contributed by atoms with Gasteiger partial charge >= 0.3 is 0 Å². The molecule has 5 heteroatoms. The van der Waals surface area contributed by atoms with Crippen LogP contribution in [-0.4, -0.2) is 16.8 Å². The Labute approximate surface area is 91.7 Å². The summed E-state index contributed by atoms with van der Waals surface area (Å²) in [6.45, 7) is 3.56. The number of nitrogens with one attached hydrogen (secondary N) is 1. The first-order valence-electron chi connectivity index (χ1n) is 3.81. The van der Waals surface area contributed by atoms with Crippen LogP contribution in [0.4, 0.5) is 5.69 Å². The number of nitrogens with zero attached hydrogens (tertiary/aromatic N) is 1. The molecule has 74 valence electrons. The lowest BCUT2D eigenvalue weighted by Crippen LogP contribution is -2.13. The minimum atomic E-state index is -0.310. The van der Waals surface area contributed by atoms with Crippen molar-refractivity contribution < 1.29 is 4.79 Å². The van der Waals surface area contributed by atoms with Crippen LogP contribution in [-0.2, 0) is 4.79 Å². The summed E-state index contributed by atoms with van der Waals surface area (Å²) in [5, 5.41) is 2.91. The van der Waals surface area contributed by atoms with Gasteiger partial charge in [-0.05, 0) is 12.1 Å². The molecule has 0 aliphatic heterocycles. The van der Waals surface area contributed by atoms with Gasteiger partial charge in [-0.2, -0.15) is 0 Å². The Bertz CT molecular complexity index is 366. The van der Waals surface area contributed by atoms with E-state index < -0.39 is 0 Å². The molecule has 0 atom stereocenters. The van der Waals surface area contributed by atoms with Crippen molar-refractivity contribution in [1.29, 1.82) is 0 Å². The van der Waals surface area contributed by atoms with Crippen LogP contribution in [0.5, 0.6) is 0 Å². The largest absolute Gasteiger partial charge is 0.324 e. The van der Waals surface area contributed by atoms with E-state index in [1.807, 2.05) is 0 Å². The third kappa shape index (κ3) is 2.72. The number of carbonyl (C=O) groups is 1. The molecule has 0 radical (unpaired) electrons. The highest BCUT2D eigenvalue weighted by Crippen LogP contribution is 2.21. The molecule has 0 saturated carbocycles. The van der Waals surface area contributed by atoms with Gasteiger partial charge in [-0.15, -0.1) is 11.6 Å². The van der Waals surface area contributed by atoms with Crippen LogP contribution in [0.25, 0.3) is 6.08 Å². The van der Waals surface area contributed by atoms with Crippen LogP contribution in [0.2, 0.25) is 5.02 Å². The minimum absolute atomic E-state index is 0.109. The van der Waals surface area contributed by atoms with Gasteiger partial charge < -0.3 is 5.32 Å². The fourth-order valence-electron chi connectivity index (χ4n) is 0.846. The number of hydrogen-bond donors (Lipinski definition) is 1. The van der Waals surface area contributed by atoms with Gasteiger partial charge in [0.1, 0.15) is 5.88 Å². The smallest absolute Gasteiger partial charge is 0.239 e. The molecular formula is C9H8Cl2N2O. The molecule has 1 amide bonds. The maximum absolute atomic E-state index is 11.0. The third-order valence-corrected chi connectivity index (χ3v) is 2.03. The molecule has 1 N–H and O–H groups in total. The van der Waals surface area contributed by atoms with E-state index in [9.17, 15) is 4.79 Å². The summed E-state index contributed by atoms with van der Waals surface area (Å²) in [6, 6.07) is 1.62. The van der Waals surface area contributed by atoms with E-state index in [0.29, 0.717) is 16.4 Å². The molecule has 1 heterocycles. The van der Waals surface area contributed by atoms with Gasteiger partial charge in [-0.25, -0.2) is 0 Å². The molecule has 0 spiro atoms. The zero-order valence-electron chi connectivity index (χ0n) is 7.26. The molecule has 0 aliphatic carbocycles. The Morgan fingerprint density at radius 2 is 2.43 bits per heavy atom. The summed E-state index contributed by atoms with van der Waals surface area (Å²) in [7, 11) is 0. The number of alkyl halides is 1. The maximum Gasteiger partial charge on any atom is 0.239 e. The quantitative estimate of drug-likeness (QED) is 0.812. The molecule has 0 unspecified atom stereocenters. The van der Waals surface area contributed by atoms with Gasteiger partial charge in [0, 0.05) is 6.20 Å². The molecule has 0 saturated heterocycles. The Balaban J connectivity index is 2.94. The number of aromatic nitrogens is 1. The molecule has 1 aromatic heterocycles. The lowest BCUT2D eigenvalue weighted by molar-refractivity contribution is -0.113. The first kappa shape index (κ1) is 11.0. The molecule has 14 heavy (non-hydrogen) atoms. The summed E-state index contributed by atoms with van der Waals surface area (Å²) in [5.74, 6) is -0.419. The molecule has 0 aliphatic rings. The van der Waals surface area contributed by atoms with E-state index in [2.05, 4.69) is 16.9 Å². The van der Waals surface area contributed by atoms with Crippen molar-refractivity contribution in [1.82, 2.24) is 4.98 Å². The number of carbonyl (C=O) groups excluding carboxylic acids is 1. The van der Waals surface area contributed by atoms with Gasteiger partial charge in [0.05, 0.1) is 16.4 Å². The second-order valence-electron chi connectivity index (χ2n) is 2.47. The first-order chi connectivity index (χ1) is 6.67. The van der Waals surface area contributed by atoms with Crippen molar-refractivity contribution >= 4 is 40.9 Å². The van der Waals surface area contributed by atoms with Gasteiger partial charge in [0.2, 0.25) is 5.91 Å². The van der Waals surface area contributed by atoms with Crippen molar-refractivity contribution in [3.05, 3.63) is 29.6 Å². The van der Waals surface area contributed by atoms with E-state index in [1.54, 1.807) is 12.1 Å². The van der Waals surface area contributed by atoms with Gasteiger partial charge in [0.25, 0.3) is 0 Å². The number of anilines is 1. The fraction of sp³-hybridized carbons (Fsp3) is 0.111. The monoisotopic (exact) mass is 230 g/mol. The normalized spacial score (nSPS) is 9.57. The Morgan fingerprint density at radius 3 is 3.00 bits per heavy atom. The van der Waals surface area contributed by atoms with Crippen LogP contribution < -0.4 is 5.32 Å². The SMILES string of the molecule is C=Cc1cc(NC(=O)CCl)c(Cl)cn1. The second kappa shape index (κ2) is 4.98. The molecule has 3 nitrogen and oxygen atoms in total. The number of pyridine rings is 1. The molecule has 0 aromatic carbocycles. The van der Waals surface area contributed by atoms with E-state index in [-0.39, 0.29) is 11.8 Å². The van der Waals surface area contributed by atoms with Gasteiger partial charge in [-0.3, -0.25) is 9.78 Å². The average Bonchev–Trinajstić information content (AvgIpc) is 2.21. The second-order valence-corrected chi connectivity index (χ2v) is 3.15. The van der Waals surface area contributed by atoms with Crippen LogP contribution in [0, 0.1) is 0 Å². The Kier molecular flexibility index (Phi) is 3.92. The summed E-state index contributed by atoms with van der Waals surface area (Å²) in [4.78, 5) is 14.9. The molecule has 0 bridgehead atoms. The van der Waals surface area contributed by atoms with Crippen LogP contribution in [0.1, 0.15) is 5.69 Å². The highest BCUT2D eigenvalue weighted by atomic mass is 35.5. The van der Waals surface area contributed by atoms with E-state index in [4.69, 9.17) is 23.2 Å². The number of rotatable bonds is 3. The van der Waals surface area contributed by atoms with Crippen molar-refractivity contribution in [3.63, 3.8) is 0 Å². The zero-order chi connectivity index (χ0) is 10.6. The van der Waals surface area contributed by atoms with Gasteiger partial charge in [0.15, 0.2) is 0 Å². The number of halogens is 2. The van der Waals surface area contributed by atoms with E-state index in [1.165, 1.54) is 6.20 Å². The molecular weight excluding hydrogens is 223 g/mol. The lowest BCUT2D eigenvalue weighted by atomic mass is 10.3. The van der Waals surface area contributed by atoms with Crippen molar-refractivity contribution in [2.45, 2.75) is 0 Å². The first-order valence-corrected chi connectivity index (χ1v) is 4.72. The standard InChI is InChI=1S/C9H8Cl2N2O/c1-2-6-3-8(7(11)5-12-6)13-9(14)4-10/h2-3,5H,1,4H2,(H,12,13,14). The predicted octanol–water partition coefficient (Wildman–Crippen LogP) is 2.56. The summed E-state index contributed by atoms with van der Waals surface area (Å²) in [6.07, 6.45) is 3.01. The topological polar surface area (TPSA) is 42.0 Å². The van der Waals surface area contributed by atoms with Crippen LogP contribution >= 0.6 is 23.2 Å². The van der Waals surface area contributed by atoms with Crippen molar-refractivity contribution in [2.75, 3.05) is 11.2 Å². The highest BCUT2D eigenvalue weighted by molar-refractivity contribution is 6.34. The Morgan fingerprint density at radius 1 is 1.71 bits per heavy atom. The summed E-state index contributed by atoms with van der Waals surface area (Å²) < 4.78 is 0. The number of hydrogen-bond acceptors (Lipinski definition) is 2. The van der Waals surface area contributed by atoms with Gasteiger partial charge in [-0.1, -0.05) is 18.2 Å². The van der Waals surface area contributed by atoms with Crippen molar-refractivity contribution in [3.8, 4) is 0 Å². The maximum atomic E-state index is 11.0. The molecule has 1 rings (SSSR count). The number of amides is 1. The predicted molar refractivity (Wildman–Crippen MR) is 58.7 cm³/mol. The van der Waals surface area contributed by atoms with Crippen LogP contribution in [0.3, 0.4) is 0 Å². The van der Waals surface area contributed by atoms with Crippen molar-refractivity contribution in [2.24, 2.45) is 0 Å². The minimum Gasteiger partial charge on any atom is -0.324 e. The summed E-state index contributed by atoms with van der Waals surface area (Å²) in [5.41, 5.74) is 1.13.